The van der Waals surface area contributed by atoms with Crippen molar-refractivity contribution < 1.29 is 18.0 Å². The van der Waals surface area contributed by atoms with E-state index < -0.39 is 17.5 Å². The Kier molecular flexibility index (Phi) is 2.68. The third kappa shape index (κ3) is 1.74. The van der Waals surface area contributed by atoms with E-state index in [1.165, 1.54) is 0 Å². The summed E-state index contributed by atoms with van der Waals surface area (Å²) in [6.45, 7) is 0. The lowest BCUT2D eigenvalue weighted by Gasteiger charge is -2.20. The van der Waals surface area contributed by atoms with Gasteiger partial charge in [-0.15, -0.1) is 0 Å². The zero-order valence-corrected chi connectivity index (χ0v) is 9.76. The number of ketones is 1. The van der Waals surface area contributed by atoms with Crippen LogP contribution in [0.3, 0.4) is 0 Å². The molecule has 2 aliphatic carbocycles. The highest BCUT2D eigenvalue weighted by atomic mass is 19.2. The van der Waals surface area contributed by atoms with Gasteiger partial charge in [0.2, 0.25) is 0 Å². The van der Waals surface area contributed by atoms with Crippen molar-refractivity contribution in [3.63, 3.8) is 0 Å². The summed E-state index contributed by atoms with van der Waals surface area (Å²) in [5.41, 5.74) is -0.300. The number of Topliss-reactive ketones (excluding diaryl/α,β-unsaturated/α-hetero) is 1. The molecule has 1 aromatic carbocycles. The molecule has 0 spiro atoms. The van der Waals surface area contributed by atoms with Crippen LogP contribution in [0.2, 0.25) is 0 Å². The van der Waals surface area contributed by atoms with Crippen LogP contribution < -0.4 is 0 Å². The predicted molar refractivity (Wildman–Crippen MR) is 59.6 cm³/mol. The van der Waals surface area contributed by atoms with Gasteiger partial charge < -0.3 is 0 Å². The van der Waals surface area contributed by atoms with Crippen molar-refractivity contribution in [1.82, 2.24) is 0 Å². The van der Waals surface area contributed by atoms with E-state index in [9.17, 15) is 18.0 Å². The predicted octanol–water partition coefficient (Wildman–Crippen LogP) is 3.72. The van der Waals surface area contributed by atoms with Crippen molar-refractivity contribution in [2.24, 2.45) is 17.8 Å². The number of hydrogen-bond acceptors (Lipinski definition) is 1. The molecule has 3 unspecified atom stereocenters. The molecule has 4 heteroatoms. The Morgan fingerprint density at radius 3 is 2.33 bits per heavy atom. The van der Waals surface area contributed by atoms with Gasteiger partial charge in [-0.1, -0.05) is 6.42 Å². The van der Waals surface area contributed by atoms with E-state index in [1.807, 2.05) is 0 Å². The fraction of sp³-hybridized carbons (Fsp3) is 0.500. The number of fused-ring (bicyclic) bond motifs is 2. The molecule has 0 saturated heterocycles. The van der Waals surface area contributed by atoms with Gasteiger partial charge in [-0.25, -0.2) is 13.2 Å². The largest absolute Gasteiger partial charge is 0.294 e. The Morgan fingerprint density at radius 2 is 1.72 bits per heavy atom. The summed E-state index contributed by atoms with van der Waals surface area (Å²) in [5, 5.41) is 0. The maximum absolute atomic E-state index is 13.5. The van der Waals surface area contributed by atoms with Crippen molar-refractivity contribution in [2.75, 3.05) is 0 Å². The van der Waals surface area contributed by atoms with Gasteiger partial charge in [-0.2, -0.15) is 0 Å². The fourth-order valence-electron chi connectivity index (χ4n) is 3.48. The normalized spacial score (nSPS) is 29.8. The van der Waals surface area contributed by atoms with E-state index in [0.717, 1.165) is 25.7 Å². The molecule has 1 nitrogen and oxygen atoms in total. The van der Waals surface area contributed by atoms with E-state index in [1.54, 1.807) is 0 Å². The minimum atomic E-state index is -1.25. The molecule has 0 amide bonds. The van der Waals surface area contributed by atoms with Crippen LogP contribution in [-0.4, -0.2) is 5.78 Å². The highest BCUT2D eigenvalue weighted by Gasteiger charge is 2.43. The number of halogens is 3. The van der Waals surface area contributed by atoms with Crippen LogP contribution in [0, 0.1) is 35.2 Å². The molecule has 2 fully saturated rings. The van der Waals surface area contributed by atoms with Crippen molar-refractivity contribution in [3.05, 3.63) is 35.1 Å². The molecule has 3 atom stereocenters. The monoisotopic (exact) mass is 254 g/mol. The summed E-state index contributed by atoms with van der Waals surface area (Å²) < 4.78 is 39.5. The van der Waals surface area contributed by atoms with E-state index in [4.69, 9.17) is 0 Å². The first-order valence-corrected chi connectivity index (χ1v) is 6.25. The molecule has 1 aromatic rings. The van der Waals surface area contributed by atoms with Crippen LogP contribution in [0.4, 0.5) is 13.2 Å². The topological polar surface area (TPSA) is 17.1 Å². The molecule has 3 rings (SSSR count). The van der Waals surface area contributed by atoms with Gasteiger partial charge in [0, 0.05) is 12.0 Å². The summed E-state index contributed by atoms with van der Waals surface area (Å²) in [7, 11) is 0. The van der Waals surface area contributed by atoms with Crippen molar-refractivity contribution in [2.45, 2.75) is 25.7 Å². The Hall–Kier alpha value is -1.32. The van der Waals surface area contributed by atoms with Gasteiger partial charge in [-0.05, 0) is 37.2 Å². The van der Waals surface area contributed by atoms with Crippen LogP contribution in [0.5, 0.6) is 0 Å². The standard InChI is InChI=1S/C14H13F3O/c15-11-6-13(17)12(16)5-10(11)14(18)9-4-7-1-2-8(9)3-7/h5-9H,1-4H2. The Bertz CT molecular complexity index is 512. The number of carbonyl (C=O) groups is 1. The first kappa shape index (κ1) is 11.8. The quantitative estimate of drug-likeness (QED) is 0.580. The number of rotatable bonds is 2. The first-order valence-electron chi connectivity index (χ1n) is 6.25. The molecule has 2 bridgehead atoms. The zero-order chi connectivity index (χ0) is 12.9. The van der Waals surface area contributed by atoms with Gasteiger partial charge in [-0.3, -0.25) is 4.79 Å². The Morgan fingerprint density at radius 1 is 1.00 bits per heavy atom. The number of carbonyl (C=O) groups excluding carboxylic acids is 1. The molecule has 0 radical (unpaired) electrons. The molecule has 0 aliphatic heterocycles. The SMILES string of the molecule is O=C(c1cc(F)c(F)cc1F)C1CC2CCC1C2. The minimum absolute atomic E-state index is 0.205. The van der Waals surface area contributed by atoms with Gasteiger partial charge >= 0.3 is 0 Å². The van der Waals surface area contributed by atoms with Crippen LogP contribution >= 0.6 is 0 Å². The lowest BCUT2D eigenvalue weighted by molar-refractivity contribution is 0.0869. The lowest BCUT2D eigenvalue weighted by atomic mass is 9.83. The first-order chi connectivity index (χ1) is 8.56. The van der Waals surface area contributed by atoms with Crippen molar-refractivity contribution >= 4 is 5.78 Å². The van der Waals surface area contributed by atoms with Crippen LogP contribution in [0.25, 0.3) is 0 Å². The highest BCUT2D eigenvalue weighted by molar-refractivity contribution is 5.98. The molecule has 0 aromatic heterocycles. The summed E-state index contributed by atoms with van der Waals surface area (Å²) in [6.07, 6.45) is 3.91. The van der Waals surface area contributed by atoms with Crippen LogP contribution in [-0.2, 0) is 0 Å². The van der Waals surface area contributed by atoms with Crippen molar-refractivity contribution in [1.29, 1.82) is 0 Å². The molecule has 2 aliphatic rings. The summed E-state index contributed by atoms with van der Waals surface area (Å²) in [6, 6.07) is 1.15. The molecule has 18 heavy (non-hydrogen) atoms. The second-order valence-electron chi connectivity index (χ2n) is 5.39. The van der Waals surface area contributed by atoms with Gasteiger partial charge in [0.05, 0.1) is 5.56 Å². The Balaban J connectivity index is 1.91. The molecule has 0 heterocycles. The molecule has 0 N–H and O–H groups in total. The molecular weight excluding hydrogens is 241 g/mol. The maximum Gasteiger partial charge on any atom is 0.169 e. The van der Waals surface area contributed by atoms with Gasteiger partial charge in [0.15, 0.2) is 17.4 Å². The summed E-state index contributed by atoms with van der Waals surface area (Å²) in [4.78, 5) is 12.2. The smallest absolute Gasteiger partial charge is 0.169 e. The average molecular weight is 254 g/mol. The van der Waals surface area contributed by atoms with E-state index in [-0.39, 0.29) is 17.3 Å². The Labute approximate surface area is 103 Å². The van der Waals surface area contributed by atoms with Gasteiger partial charge in [0.1, 0.15) is 5.82 Å². The summed E-state index contributed by atoms with van der Waals surface area (Å²) in [5.74, 6) is -3.09. The van der Waals surface area contributed by atoms with E-state index in [0.29, 0.717) is 24.0 Å². The third-order valence-electron chi connectivity index (χ3n) is 4.35. The highest BCUT2D eigenvalue weighted by Crippen LogP contribution is 2.49. The van der Waals surface area contributed by atoms with Crippen molar-refractivity contribution in [3.8, 4) is 0 Å². The van der Waals surface area contributed by atoms with Crippen LogP contribution in [0.1, 0.15) is 36.0 Å². The second kappa shape index (κ2) is 4.11. The number of benzene rings is 1. The van der Waals surface area contributed by atoms with Gasteiger partial charge in [0.25, 0.3) is 0 Å². The lowest BCUT2D eigenvalue weighted by Crippen LogP contribution is -2.22. The zero-order valence-electron chi connectivity index (χ0n) is 9.76. The van der Waals surface area contributed by atoms with E-state index in [2.05, 4.69) is 0 Å². The third-order valence-corrected chi connectivity index (χ3v) is 4.35. The molecule has 96 valence electrons. The van der Waals surface area contributed by atoms with E-state index >= 15 is 0 Å². The number of hydrogen-bond donors (Lipinski definition) is 0. The average Bonchev–Trinajstić information content (AvgIpc) is 2.95. The maximum atomic E-state index is 13.5. The summed E-state index contributed by atoms with van der Waals surface area (Å²) >= 11 is 0. The second-order valence-corrected chi connectivity index (χ2v) is 5.39. The molecule has 2 saturated carbocycles. The molecular formula is C14H13F3O. The fourth-order valence-corrected chi connectivity index (χ4v) is 3.48. The minimum Gasteiger partial charge on any atom is -0.294 e. The van der Waals surface area contributed by atoms with Crippen LogP contribution in [0.15, 0.2) is 12.1 Å².